The molecule has 34 valence electrons. The molecule has 0 N–H and O–H groups in total. The molecule has 0 fully saturated rings. The molecular weight excluding hydrogens is 177 g/mol. The van der Waals surface area contributed by atoms with Gasteiger partial charge in [-0.15, -0.1) is 0 Å². The second-order valence-electron chi connectivity index (χ2n) is 0.564. The minimum Gasteiger partial charge on any atom is -0.525 e. The predicted molar refractivity (Wildman–Crippen MR) is 30.2 cm³/mol. The van der Waals surface area contributed by atoms with Gasteiger partial charge in [0.25, 0.3) is 0 Å². The molecule has 0 rings (SSSR count). The normalized spacial score (nSPS) is 11.8. The van der Waals surface area contributed by atoms with Crippen molar-refractivity contribution in [2.45, 2.75) is 0 Å². The van der Waals surface area contributed by atoms with Crippen LogP contribution in [-0.2, 0) is 3.48 Å². The van der Waals surface area contributed by atoms with Crippen LogP contribution < -0.4 is 0 Å². The molecular formula is AlCl3OSi. The van der Waals surface area contributed by atoms with Gasteiger partial charge in [-0.2, -0.15) is 0 Å². The lowest BCUT2D eigenvalue weighted by atomic mass is 15.8. The van der Waals surface area contributed by atoms with Crippen molar-refractivity contribution >= 4 is 56.1 Å². The first-order chi connectivity index (χ1) is 2.56. The Morgan fingerprint density at radius 2 is 1.50 bits per heavy atom. The Morgan fingerprint density at radius 3 is 1.50 bits per heavy atom. The van der Waals surface area contributed by atoms with Gasteiger partial charge in [0.1, 0.15) is 0 Å². The van der Waals surface area contributed by atoms with E-state index in [-0.39, 0.29) is 0 Å². The van der Waals surface area contributed by atoms with Crippen molar-refractivity contribution in [2.24, 2.45) is 0 Å². The van der Waals surface area contributed by atoms with E-state index in [1.807, 2.05) is 16.6 Å². The van der Waals surface area contributed by atoms with E-state index in [0.29, 0.717) is 0 Å². The van der Waals surface area contributed by atoms with Gasteiger partial charge in [0, 0.05) is 0 Å². The monoisotopic (exact) mass is 176 g/mol. The number of hydrogen-bond donors (Lipinski definition) is 0. The molecule has 0 saturated carbocycles. The molecule has 0 aliphatic carbocycles. The van der Waals surface area contributed by atoms with Crippen LogP contribution in [0.5, 0.6) is 0 Å². The van der Waals surface area contributed by atoms with E-state index in [2.05, 4.69) is 3.48 Å². The van der Waals surface area contributed by atoms with Gasteiger partial charge in [-0.1, -0.05) is 33.2 Å². The molecule has 0 amide bonds. The Hall–Kier alpha value is 1.58. The Balaban J connectivity index is 3.17. The first-order valence-electron chi connectivity index (χ1n) is 1.01. The van der Waals surface area contributed by atoms with Crippen LogP contribution in [0.25, 0.3) is 0 Å². The van der Waals surface area contributed by atoms with E-state index in [9.17, 15) is 0 Å². The van der Waals surface area contributed by atoms with E-state index in [0.717, 1.165) is 0 Å². The molecule has 0 aliphatic rings. The average molecular weight is 177 g/mol. The van der Waals surface area contributed by atoms with Gasteiger partial charge in [0.05, 0.1) is 0 Å². The van der Waals surface area contributed by atoms with Crippen molar-refractivity contribution in [3.8, 4) is 0 Å². The average Bonchev–Trinajstić information content (AvgIpc) is 1.35. The van der Waals surface area contributed by atoms with Crippen molar-refractivity contribution < 1.29 is 3.48 Å². The zero-order chi connectivity index (χ0) is 5.21. The third kappa shape index (κ3) is 5.58. The van der Waals surface area contributed by atoms with E-state index in [1.165, 1.54) is 0 Å². The summed E-state index contributed by atoms with van der Waals surface area (Å²) in [6.07, 6.45) is -2.75. The summed E-state index contributed by atoms with van der Waals surface area (Å²) in [5.41, 5.74) is 0. The van der Waals surface area contributed by atoms with Gasteiger partial charge in [0.2, 0.25) is 0 Å². The molecule has 1 nitrogen and oxygen atoms in total. The van der Waals surface area contributed by atoms with Crippen LogP contribution in [0.15, 0.2) is 0 Å². The summed E-state index contributed by atoms with van der Waals surface area (Å²) < 4.78 is 4.29. The summed E-state index contributed by atoms with van der Waals surface area (Å²) in [4.78, 5) is 0. The Labute approximate surface area is 59.5 Å². The highest BCUT2D eigenvalue weighted by molar-refractivity contribution is 7.62. The highest BCUT2D eigenvalue weighted by Gasteiger charge is 2.22. The first-order valence-corrected chi connectivity index (χ1v) is 6.42. The largest absolute Gasteiger partial charge is 0.525 e. The summed E-state index contributed by atoms with van der Waals surface area (Å²) in [6.45, 7) is 0. The lowest BCUT2D eigenvalue weighted by molar-refractivity contribution is 0.667. The lowest BCUT2D eigenvalue weighted by Gasteiger charge is -2.02. The van der Waals surface area contributed by atoms with Gasteiger partial charge < -0.3 is 3.48 Å². The summed E-state index contributed by atoms with van der Waals surface area (Å²) >= 11 is 17.3. The van der Waals surface area contributed by atoms with Crippen LogP contribution in [0.4, 0.5) is 0 Å². The van der Waals surface area contributed by atoms with Gasteiger partial charge in [-0.3, -0.25) is 0 Å². The van der Waals surface area contributed by atoms with Crippen LogP contribution in [0.1, 0.15) is 0 Å². The fourth-order valence-electron chi connectivity index (χ4n) is 0. The smallest absolute Gasteiger partial charge is 0.464 e. The Kier molecular flexibility index (Phi) is 3.51. The van der Waals surface area contributed by atoms with Gasteiger partial charge in [0.15, 0.2) is 0 Å². The number of hydrogen-bond acceptors (Lipinski definition) is 1. The zero-order valence-corrected chi connectivity index (χ0v) is 7.04. The van der Waals surface area contributed by atoms with Gasteiger partial charge in [-0.25, -0.2) is 0 Å². The zero-order valence-electron chi connectivity index (χ0n) is 2.62. The molecule has 0 saturated heterocycles. The molecule has 0 atom stereocenters. The van der Waals surface area contributed by atoms with Crippen molar-refractivity contribution in [1.82, 2.24) is 0 Å². The van der Waals surface area contributed by atoms with Crippen molar-refractivity contribution in [1.29, 1.82) is 0 Å². The molecule has 0 aliphatic heterocycles. The quantitative estimate of drug-likeness (QED) is 0.433. The molecule has 0 heterocycles. The standard InChI is InChI=1S/Al.Cl3OSi/c;1-5(2,3)4/q+1;-1. The summed E-state index contributed by atoms with van der Waals surface area (Å²) in [6, 6.07) is 0. The second kappa shape index (κ2) is 2.78. The summed E-state index contributed by atoms with van der Waals surface area (Å²) in [7, 11) is 0. The Bertz CT molecular complexity index is 40.5. The third-order valence-corrected chi connectivity index (χ3v) is 3.61. The summed E-state index contributed by atoms with van der Waals surface area (Å²) in [5, 5.41) is 0. The van der Waals surface area contributed by atoms with Crippen LogP contribution in [0, 0.1) is 0 Å². The minimum absolute atomic E-state index is 1.89. The minimum atomic E-state index is -2.75. The molecule has 6 heavy (non-hydrogen) atoms. The topological polar surface area (TPSA) is 9.23 Å². The molecule has 0 unspecified atom stereocenters. The highest BCUT2D eigenvalue weighted by Crippen LogP contribution is 2.18. The predicted octanol–water partition coefficient (Wildman–Crippen LogP) is 1.24. The maximum Gasteiger partial charge on any atom is 0.464 e. The molecule has 6 heteroatoms. The fourth-order valence-corrected chi connectivity index (χ4v) is 0. The maximum absolute atomic E-state index is 5.14. The number of halogens is 3. The van der Waals surface area contributed by atoms with Crippen molar-refractivity contribution in [2.75, 3.05) is 0 Å². The molecule has 2 radical (unpaired) electrons. The molecule has 0 bridgehead atoms. The van der Waals surface area contributed by atoms with E-state index in [1.54, 1.807) is 0 Å². The van der Waals surface area contributed by atoms with Crippen LogP contribution in [0.3, 0.4) is 0 Å². The first kappa shape index (κ1) is 7.58. The molecule has 0 aromatic heterocycles. The SMILES string of the molecule is [Al][O][Si](Cl)(Cl)Cl. The van der Waals surface area contributed by atoms with E-state index < -0.39 is 6.25 Å². The van der Waals surface area contributed by atoms with Gasteiger partial charge >= 0.3 is 22.9 Å². The van der Waals surface area contributed by atoms with Crippen LogP contribution >= 0.6 is 33.2 Å². The molecule has 0 aromatic rings. The van der Waals surface area contributed by atoms with Crippen molar-refractivity contribution in [3.63, 3.8) is 0 Å². The highest BCUT2D eigenvalue weighted by atomic mass is 35.8. The summed E-state index contributed by atoms with van der Waals surface area (Å²) in [5.74, 6) is 0. The Morgan fingerprint density at radius 1 is 1.33 bits per heavy atom. The molecule has 0 aromatic carbocycles. The third-order valence-electron chi connectivity index (χ3n) is 0.134. The fraction of sp³-hybridized carbons (Fsp3) is 0. The molecule has 0 spiro atoms. The van der Waals surface area contributed by atoms with E-state index >= 15 is 0 Å². The van der Waals surface area contributed by atoms with Gasteiger partial charge in [-0.05, 0) is 0 Å². The van der Waals surface area contributed by atoms with E-state index in [4.69, 9.17) is 33.2 Å². The number of rotatable bonds is 1. The van der Waals surface area contributed by atoms with Crippen LogP contribution in [-0.4, -0.2) is 22.9 Å². The van der Waals surface area contributed by atoms with Crippen LogP contribution in [0.2, 0.25) is 0 Å². The second-order valence-corrected chi connectivity index (χ2v) is 8.93. The maximum atomic E-state index is 5.14. The lowest BCUT2D eigenvalue weighted by Crippen LogP contribution is -2.12. The van der Waals surface area contributed by atoms with Crippen molar-refractivity contribution in [3.05, 3.63) is 0 Å².